The van der Waals surface area contributed by atoms with E-state index in [2.05, 4.69) is 17.1 Å². The Hall–Kier alpha value is -1.39. The van der Waals surface area contributed by atoms with Crippen molar-refractivity contribution in [3.8, 4) is 0 Å². The minimum atomic E-state index is -0.980. The van der Waals surface area contributed by atoms with Crippen molar-refractivity contribution < 1.29 is 9.90 Å². The van der Waals surface area contributed by atoms with Gasteiger partial charge in [0.05, 0.1) is 0 Å². The summed E-state index contributed by atoms with van der Waals surface area (Å²) in [6.07, 6.45) is 3.32. The summed E-state index contributed by atoms with van der Waals surface area (Å²) in [6.45, 7) is 4.77. The lowest BCUT2D eigenvalue weighted by Crippen LogP contribution is -2.57. The summed E-state index contributed by atoms with van der Waals surface area (Å²) >= 11 is 0. The molecule has 21 heavy (non-hydrogen) atoms. The third-order valence-corrected chi connectivity index (χ3v) is 4.63. The van der Waals surface area contributed by atoms with E-state index < -0.39 is 11.5 Å². The van der Waals surface area contributed by atoms with E-state index in [1.165, 1.54) is 0 Å². The molecule has 2 aliphatic rings. The first-order valence-electron chi connectivity index (χ1n) is 7.89. The van der Waals surface area contributed by atoms with Crippen LogP contribution in [0.15, 0.2) is 30.3 Å². The molecule has 4 nitrogen and oxygen atoms in total. The van der Waals surface area contributed by atoms with E-state index in [-0.39, 0.29) is 0 Å². The van der Waals surface area contributed by atoms with Crippen molar-refractivity contribution in [2.75, 3.05) is 19.6 Å². The average molecular weight is 288 g/mol. The second-order valence-corrected chi connectivity index (χ2v) is 6.62. The van der Waals surface area contributed by atoms with Crippen molar-refractivity contribution in [1.29, 1.82) is 0 Å². The van der Waals surface area contributed by atoms with Crippen molar-refractivity contribution in [3.05, 3.63) is 35.9 Å². The van der Waals surface area contributed by atoms with Crippen LogP contribution in [-0.4, -0.2) is 41.7 Å². The van der Waals surface area contributed by atoms with Gasteiger partial charge in [-0.3, -0.25) is 5.32 Å². The van der Waals surface area contributed by atoms with Gasteiger partial charge in [-0.2, -0.15) is 0 Å². The van der Waals surface area contributed by atoms with E-state index in [1.807, 2.05) is 30.3 Å². The van der Waals surface area contributed by atoms with E-state index >= 15 is 0 Å². The van der Waals surface area contributed by atoms with Crippen molar-refractivity contribution >= 4 is 5.97 Å². The maximum Gasteiger partial charge on any atom is 0.329 e. The van der Waals surface area contributed by atoms with Gasteiger partial charge in [-0.25, -0.2) is 4.79 Å². The zero-order valence-electron chi connectivity index (χ0n) is 12.6. The zero-order chi connectivity index (χ0) is 14.9. The number of aliphatic carboxylic acids is 1. The number of rotatable bonds is 6. The molecular formula is C17H24N2O2. The SMILES string of the molecule is CC1CCN(CC(NC2CC2)(C(=O)O)c2ccccc2)C1. The van der Waals surface area contributed by atoms with Gasteiger partial charge in [-0.1, -0.05) is 37.3 Å². The molecule has 1 saturated carbocycles. The van der Waals surface area contributed by atoms with Gasteiger partial charge in [0, 0.05) is 19.1 Å². The minimum absolute atomic E-state index is 0.348. The van der Waals surface area contributed by atoms with E-state index in [9.17, 15) is 9.90 Å². The molecule has 0 radical (unpaired) electrons. The van der Waals surface area contributed by atoms with Gasteiger partial charge in [0.1, 0.15) is 0 Å². The number of nitrogens with zero attached hydrogens (tertiary/aromatic N) is 1. The van der Waals surface area contributed by atoms with Gasteiger partial charge in [0.2, 0.25) is 0 Å². The summed E-state index contributed by atoms with van der Waals surface area (Å²) in [4.78, 5) is 14.5. The molecule has 1 saturated heterocycles. The van der Waals surface area contributed by atoms with Crippen LogP contribution in [0.25, 0.3) is 0 Å². The first-order valence-corrected chi connectivity index (χ1v) is 7.89. The van der Waals surface area contributed by atoms with E-state index in [1.54, 1.807) is 0 Å². The fourth-order valence-electron chi connectivity index (χ4n) is 3.28. The number of carboxylic acids is 1. The summed E-state index contributed by atoms with van der Waals surface area (Å²) in [5, 5.41) is 13.4. The Morgan fingerprint density at radius 1 is 1.33 bits per heavy atom. The lowest BCUT2D eigenvalue weighted by molar-refractivity contribution is -0.146. The highest BCUT2D eigenvalue weighted by molar-refractivity contribution is 5.81. The number of hydrogen-bond donors (Lipinski definition) is 2. The summed E-state index contributed by atoms with van der Waals surface area (Å²) in [6, 6.07) is 10.0. The molecule has 1 aromatic rings. The van der Waals surface area contributed by atoms with Crippen molar-refractivity contribution in [1.82, 2.24) is 10.2 Å². The standard InChI is InChI=1S/C17H24N2O2/c1-13-9-10-19(11-13)12-17(16(20)21,18-15-7-8-15)14-5-3-2-4-6-14/h2-6,13,15,18H,7-12H2,1H3,(H,20,21). The van der Waals surface area contributed by atoms with Crippen LogP contribution in [-0.2, 0) is 10.3 Å². The fourth-order valence-corrected chi connectivity index (χ4v) is 3.28. The Morgan fingerprint density at radius 2 is 2.05 bits per heavy atom. The maximum absolute atomic E-state index is 12.2. The van der Waals surface area contributed by atoms with Crippen molar-refractivity contribution in [2.45, 2.75) is 37.8 Å². The largest absolute Gasteiger partial charge is 0.480 e. The molecule has 0 amide bonds. The summed E-state index contributed by atoms with van der Waals surface area (Å²) < 4.78 is 0. The molecular weight excluding hydrogens is 264 g/mol. The van der Waals surface area contributed by atoms with Crippen LogP contribution < -0.4 is 5.32 Å². The first kappa shape index (κ1) is 14.5. The monoisotopic (exact) mass is 288 g/mol. The number of hydrogen-bond acceptors (Lipinski definition) is 3. The lowest BCUT2D eigenvalue weighted by Gasteiger charge is -2.35. The smallest absolute Gasteiger partial charge is 0.329 e. The zero-order valence-corrected chi connectivity index (χ0v) is 12.6. The molecule has 2 fully saturated rings. The van der Waals surface area contributed by atoms with Crippen LogP contribution in [0.1, 0.15) is 31.7 Å². The molecule has 2 N–H and O–H groups in total. The van der Waals surface area contributed by atoms with Gasteiger partial charge < -0.3 is 10.0 Å². The Morgan fingerprint density at radius 3 is 2.57 bits per heavy atom. The van der Waals surface area contributed by atoms with E-state index in [0.29, 0.717) is 18.5 Å². The van der Waals surface area contributed by atoms with Gasteiger partial charge >= 0.3 is 5.97 Å². The summed E-state index contributed by atoms with van der Waals surface area (Å²) in [5.41, 5.74) is -0.115. The molecule has 2 atom stereocenters. The number of benzene rings is 1. The van der Waals surface area contributed by atoms with Crippen LogP contribution >= 0.6 is 0 Å². The second kappa shape index (κ2) is 5.78. The van der Waals surface area contributed by atoms with Gasteiger partial charge in [0.25, 0.3) is 0 Å². The predicted molar refractivity (Wildman–Crippen MR) is 82.1 cm³/mol. The van der Waals surface area contributed by atoms with Crippen LogP contribution in [0, 0.1) is 5.92 Å². The Kier molecular flexibility index (Phi) is 4.00. The number of likely N-dealkylation sites (tertiary alicyclic amines) is 1. The van der Waals surface area contributed by atoms with Crippen LogP contribution in [0.3, 0.4) is 0 Å². The molecule has 1 aliphatic heterocycles. The number of nitrogens with one attached hydrogen (secondary N) is 1. The molecule has 1 aliphatic carbocycles. The lowest BCUT2D eigenvalue weighted by atomic mass is 9.88. The molecule has 0 bridgehead atoms. The van der Waals surface area contributed by atoms with E-state index in [0.717, 1.165) is 37.9 Å². The summed E-state index contributed by atoms with van der Waals surface area (Å²) in [5.74, 6) is -0.103. The van der Waals surface area contributed by atoms with Crippen LogP contribution in [0.4, 0.5) is 0 Å². The third-order valence-electron chi connectivity index (χ3n) is 4.63. The van der Waals surface area contributed by atoms with Gasteiger partial charge in [0.15, 0.2) is 5.54 Å². The number of carbonyl (C=O) groups is 1. The van der Waals surface area contributed by atoms with Gasteiger partial charge in [-0.15, -0.1) is 0 Å². The molecule has 0 spiro atoms. The predicted octanol–water partition coefficient (Wildman–Crippen LogP) is 2.06. The Labute approximate surface area is 126 Å². The highest BCUT2D eigenvalue weighted by Gasteiger charge is 2.46. The van der Waals surface area contributed by atoms with E-state index in [4.69, 9.17) is 0 Å². The maximum atomic E-state index is 12.2. The molecule has 1 aromatic carbocycles. The third kappa shape index (κ3) is 3.11. The average Bonchev–Trinajstić information content (AvgIpc) is 3.20. The molecule has 1 heterocycles. The molecule has 114 valence electrons. The molecule has 3 rings (SSSR count). The molecule has 0 aromatic heterocycles. The highest BCUT2D eigenvalue weighted by atomic mass is 16.4. The topological polar surface area (TPSA) is 52.6 Å². The van der Waals surface area contributed by atoms with Crippen LogP contribution in [0.5, 0.6) is 0 Å². The fraction of sp³-hybridized carbons (Fsp3) is 0.588. The summed E-state index contributed by atoms with van der Waals surface area (Å²) in [7, 11) is 0. The quantitative estimate of drug-likeness (QED) is 0.841. The Bertz CT molecular complexity index is 501. The molecule has 2 unspecified atom stereocenters. The minimum Gasteiger partial charge on any atom is -0.480 e. The Balaban J connectivity index is 1.89. The molecule has 4 heteroatoms. The van der Waals surface area contributed by atoms with Gasteiger partial charge in [-0.05, 0) is 37.3 Å². The highest BCUT2D eigenvalue weighted by Crippen LogP contribution is 2.31. The van der Waals surface area contributed by atoms with Crippen molar-refractivity contribution in [3.63, 3.8) is 0 Å². The van der Waals surface area contributed by atoms with Crippen molar-refractivity contribution in [2.24, 2.45) is 5.92 Å². The first-order chi connectivity index (χ1) is 10.1. The number of carboxylic acid groups (broad SMARTS) is 1. The van der Waals surface area contributed by atoms with Crippen LogP contribution in [0.2, 0.25) is 0 Å². The second-order valence-electron chi connectivity index (χ2n) is 6.62. The normalized spacial score (nSPS) is 25.7.